The standard InChI is InChI=1S/C11H14Br2ClNO2/c1-11(5-16,6-17)4-15-10-8(12)2-7(14)3-9(10)13/h2-3,15-17H,4-6H2,1H3. The van der Waals surface area contributed by atoms with E-state index in [1.165, 1.54) is 0 Å². The predicted molar refractivity (Wildman–Crippen MR) is 77.6 cm³/mol. The van der Waals surface area contributed by atoms with Gasteiger partial charge in [0.15, 0.2) is 0 Å². The van der Waals surface area contributed by atoms with E-state index in [4.69, 9.17) is 11.6 Å². The Morgan fingerprint density at radius 3 is 2.12 bits per heavy atom. The normalized spacial score (nSPS) is 11.6. The van der Waals surface area contributed by atoms with Gasteiger partial charge in [-0.25, -0.2) is 0 Å². The first-order chi connectivity index (χ1) is 7.91. The number of hydrogen-bond acceptors (Lipinski definition) is 3. The van der Waals surface area contributed by atoms with Crippen molar-refractivity contribution in [2.45, 2.75) is 6.92 Å². The molecule has 0 saturated carbocycles. The maximum atomic E-state index is 9.20. The summed E-state index contributed by atoms with van der Waals surface area (Å²) in [5.41, 5.74) is 0.293. The lowest BCUT2D eigenvalue weighted by molar-refractivity contribution is 0.0806. The van der Waals surface area contributed by atoms with Gasteiger partial charge >= 0.3 is 0 Å². The lowest BCUT2D eigenvalue weighted by Crippen LogP contribution is -2.34. The summed E-state index contributed by atoms with van der Waals surface area (Å²) in [6, 6.07) is 3.56. The van der Waals surface area contributed by atoms with Crippen molar-refractivity contribution >= 4 is 49.1 Å². The molecule has 0 bridgehead atoms. The number of halogens is 3. The number of hydrogen-bond donors (Lipinski definition) is 3. The Morgan fingerprint density at radius 2 is 1.71 bits per heavy atom. The Kier molecular flexibility index (Phi) is 5.73. The van der Waals surface area contributed by atoms with Crippen LogP contribution in [0.25, 0.3) is 0 Å². The van der Waals surface area contributed by atoms with Crippen molar-refractivity contribution in [3.63, 3.8) is 0 Å². The molecule has 0 saturated heterocycles. The molecule has 0 aliphatic carbocycles. The summed E-state index contributed by atoms with van der Waals surface area (Å²) in [6.45, 7) is 2.09. The largest absolute Gasteiger partial charge is 0.396 e. The molecule has 3 N–H and O–H groups in total. The second-order valence-corrected chi connectivity index (χ2v) is 6.37. The lowest BCUT2D eigenvalue weighted by atomic mass is 9.93. The summed E-state index contributed by atoms with van der Waals surface area (Å²) >= 11 is 12.7. The van der Waals surface area contributed by atoms with E-state index < -0.39 is 5.41 Å². The Labute approximate surface area is 122 Å². The number of nitrogens with one attached hydrogen (secondary N) is 1. The van der Waals surface area contributed by atoms with Gasteiger partial charge in [0.05, 0.1) is 18.9 Å². The molecule has 0 spiro atoms. The Hall–Kier alpha value is 0.190. The number of anilines is 1. The van der Waals surface area contributed by atoms with Crippen LogP contribution in [0.2, 0.25) is 5.02 Å². The van der Waals surface area contributed by atoms with Crippen LogP contribution in [0.5, 0.6) is 0 Å². The molecular weight excluding hydrogens is 373 g/mol. The molecule has 6 heteroatoms. The third-order valence-electron chi connectivity index (χ3n) is 2.46. The van der Waals surface area contributed by atoms with Gasteiger partial charge in [0, 0.05) is 25.9 Å². The fourth-order valence-electron chi connectivity index (χ4n) is 1.17. The molecule has 17 heavy (non-hydrogen) atoms. The summed E-state index contributed by atoms with van der Waals surface area (Å²) in [4.78, 5) is 0. The summed E-state index contributed by atoms with van der Waals surface area (Å²) in [5.74, 6) is 0. The van der Waals surface area contributed by atoms with Gasteiger partial charge in [-0.2, -0.15) is 0 Å². The minimum Gasteiger partial charge on any atom is -0.396 e. The van der Waals surface area contributed by atoms with Crippen LogP contribution in [0.15, 0.2) is 21.1 Å². The summed E-state index contributed by atoms with van der Waals surface area (Å²) in [6.07, 6.45) is 0. The van der Waals surface area contributed by atoms with Crippen LogP contribution in [0.3, 0.4) is 0 Å². The van der Waals surface area contributed by atoms with E-state index in [-0.39, 0.29) is 13.2 Å². The highest BCUT2D eigenvalue weighted by atomic mass is 79.9. The molecular formula is C11H14Br2ClNO2. The molecule has 3 nitrogen and oxygen atoms in total. The van der Waals surface area contributed by atoms with Crippen molar-refractivity contribution < 1.29 is 10.2 Å². The molecule has 0 fully saturated rings. The van der Waals surface area contributed by atoms with Crippen molar-refractivity contribution in [3.05, 3.63) is 26.1 Å². The van der Waals surface area contributed by atoms with E-state index in [0.717, 1.165) is 14.6 Å². The second-order valence-electron chi connectivity index (χ2n) is 4.22. The highest BCUT2D eigenvalue weighted by Gasteiger charge is 2.22. The lowest BCUT2D eigenvalue weighted by Gasteiger charge is -2.26. The number of rotatable bonds is 5. The first-order valence-electron chi connectivity index (χ1n) is 5.02. The first kappa shape index (κ1) is 15.2. The molecule has 96 valence electrons. The van der Waals surface area contributed by atoms with Gasteiger partial charge in [-0.3, -0.25) is 0 Å². The average Bonchev–Trinajstić information content (AvgIpc) is 2.27. The van der Waals surface area contributed by atoms with Crippen LogP contribution in [0.1, 0.15) is 6.92 Å². The molecule has 0 amide bonds. The summed E-state index contributed by atoms with van der Waals surface area (Å²) in [5, 5.41) is 22.2. The van der Waals surface area contributed by atoms with E-state index >= 15 is 0 Å². The number of benzene rings is 1. The molecule has 0 radical (unpaired) electrons. The minimum atomic E-state index is -0.557. The van der Waals surface area contributed by atoms with Crippen molar-refractivity contribution in [1.29, 1.82) is 0 Å². The zero-order valence-electron chi connectivity index (χ0n) is 9.30. The van der Waals surface area contributed by atoms with Crippen molar-refractivity contribution in [2.24, 2.45) is 5.41 Å². The number of aliphatic hydroxyl groups is 2. The summed E-state index contributed by atoms with van der Waals surface area (Å²) in [7, 11) is 0. The third-order valence-corrected chi connectivity index (χ3v) is 3.93. The van der Waals surface area contributed by atoms with Crippen LogP contribution in [0.4, 0.5) is 5.69 Å². The van der Waals surface area contributed by atoms with Crippen molar-refractivity contribution in [2.75, 3.05) is 25.1 Å². The SMILES string of the molecule is CC(CO)(CO)CNc1c(Br)cc(Cl)cc1Br. The fraction of sp³-hybridized carbons (Fsp3) is 0.455. The molecule has 1 rings (SSSR count). The zero-order valence-corrected chi connectivity index (χ0v) is 13.2. The van der Waals surface area contributed by atoms with E-state index in [1.54, 1.807) is 19.1 Å². The monoisotopic (exact) mass is 385 g/mol. The zero-order chi connectivity index (χ0) is 13.1. The van der Waals surface area contributed by atoms with Gasteiger partial charge in [-0.05, 0) is 44.0 Å². The second kappa shape index (κ2) is 6.38. The van der Waals surface area contributed by atoms with Gasteiger partial charge in [0.1, 0.15) is 0 Å². The van der Waals surface area contributed by atoms with Gasteiger partial charge in [-0.1, -0.05) is 18.5 Å². The molecule has 0 heterocycles. The molecule has 0 aliphatic rings. The molecule has 0 unspecified atom stereocenters. The van der Waals surface area contributed by atoms with Gasteiger partial charge in [-0.15, -0.1) is 0 Å². The molecule has 0 aromatic heterocycles. The van der Waals surface area contributed by atoms with Crippen LogP contribution in [-0.4, -0.2) is 30.0 Å². The maximum absolute atomic E-state index is 9.20. The van der Waals surface area contributed by atoms with E-state index in [2.05, 4.69) is 37.2 Å². The van der Waals surface area contributed by atoms with Crippen molar-refractivity contribution in [1.82, 2.24) is 0 Å². The van der Waals surface area contributed by atoms with Crippen molar-refractivity contribution in [3.8, 4) is 0 Å². The van der Waals surface area contributed by atoms with Gasteiger partial charge < -0.3 is 15.5 Å². The van der Waals surface area contributed by atoms with Crippen LogP contribution >= 0.6 is 43.5 Å². The van der Waals surface area contributed by atoms with Crippen LogP contribution in [0, 0.1) is 5.41 Å². The van der Waals surface area contributed by atoms with Crippen LogP contribution in [-0.2, 0) is 0 Å². The molecule has 1 aromatic rings. The van der Waals surface area contributed by atoms with Crippen LogP contribution < -0.4 is 5.32 Å². The maximum Gasteiger partial charge on any atom is 0.0630 e. The molecule has 0 aliphatic heterocycles. The first-order valence-corrected chi connectivity index (χ1v) is 6.98. The van der Waals surface area contributed by atoms with E-state index in [9.17, 15) is 10.2 Å². The Morgan fingerprint density at radius 1 is 1.24 bits per heavy atom. The van der Waals surface area contributed by atoms with Gasteiger partial charge in [0.25, 0.3) is 0 Å². The average molecular weight is 387 g/mol. The third kappa shape index (κ3) is 4.10. The molecule has 0 atom stereocenters. The highest BCUT2D eigenvalue weighted by Crippen LogP contribution is 2.34. The highest BCUT2D eigenvalue weighted by molar-refractivity contribution is 9.11. The minimum absolute atomic E-state index is 0.0840. The number of aliphatic hydroxyl groups excluding tert-OH is 2. The van der Waals surface area contributed by atoms with E-state index in [0.29, 0.717) is 11.6 Å². The Balaban J connectivity index is 2.83. The topological polar surface area (TPSA) is 52.5 Å². The smallest absolute Gasteiger partial charge is 0.0630 e. The molecule has 1 aromatic carbocycles. The van der Waals surface area contributed by atoms with E-state index in [1.807, 2.05) is 0 Å². The summed E-state index contributed by atoms with van der Waals surface area (Å²) < 4.78 is 1.66. The fourth-order valence-corrected chi connectivity index (χ4v) is 3.12. The quantitative estimate of drug-likeness (QED) is 0.727. The predicted octanol–water partition coefficient (Wildman–Crippen LogP) is 3.27. The van der Waals surface area contributed by atoms with Gasteiger partial charge in [0.2, 0.25) is 0 Å². The Bertz CT molecular complexity index is 374.